The van der Waals surface area contributed by atoms with E-state index in [0.29, 0.717) is 25.4 Å². The number of phenolic OH excluding ortho intramolecular Hbond substituents is 1. The summed E-state index contributed by atoms with van der Waals surface area (Å²) in [6.45, 7) is 5.40. The second-order valence-corrected chi connectivity index (χ2v) is 4.23. The van der Waals surface area contributed by atoms with Crippen LogP contribution in [0.4, 0.5) is 0 Å². The van der Waals surface area contributed by atoms with Gasteiger partial charge in [0.2, 0.25) is 0 Å². The molecule has 0 aliphatic rings. The first-order chi connectivity index (χ1) is 9.20. The monoisotopic (exact) mass is 298 g/mol. The van der Waals surface area contributed by atoms with E-state index >= 15 is 0 Å². The maximum absolute atomic E-state index is 10.0. The first-order valence-corrected chi connectivity index (χ1v) is 6.27. The predicted molar refractivity (Wildman–Crippen MR) is 78.3 cm³/mol. The molecule has 1 heterocycles. The summed E-state index contributed by atoms with van der Waals surface area (Å²) in [5, 5.41) is 17.1. The molecule has 5 nitrogen and oxygen atoms in total. The van der Waals surface area contributed by atoms with Crippen molar-refractivity contribution in [2.75, 3.05) is 6.61 Å². The van der Waals surface area contributed by atoms with E-state index < -0.39 is 0 Å². The maximum atomic E-state index is 10.0. The van der Waals surface area contributed by atoms with Gasteiger partial charge >= 0.3 is 0 Å². The first-order valence-electron chi connectivity index (χ1n) is 6.27. The molecule has 20 heavy (non-hydrogen) atoms. The number of nitrogens with one attached hydrogen (secondary N) is 1. The van der Waals surface area contributed by atoms with Gasteiger partial charge in [-0.15, -0.1) is 12.4 Å². The Morgan fingerprint density at radius 3 is 2.80 bits per heavy atom. The number of aromatic hydroxyl groups is 1. The molecule has 1 aromatic heterocycles. The number of nitrogens with zero attached hydrogens (tertiary/aromatic N) is 1. The quantitative estimate of drug-likeness (QED) is 0.858. The van der Waals surface area contributed by atoms with Gasteiger partial charge in [0, 0.05) is 24.7 Å². The Morgan fingerprint density at radius 1 is 1.35 bits per heavy atom. The summed E-state index contributed by atoms with van der Waals surface area (Å²) < 4.78 is 10.3. The third-order valence-corrected chi connectivity index (χ3v) is 2.68. The number of phenols is 1. The molecule has 2 rings (SSSR count). The molecule has 0 radical (unpaired) electrons. The molecule has 0 bridgehead atoms. The lowest BCUT2D eigenvalue weighted by atomic mass is 10.2. The van der Waals surface area contributed by atoms with Gasteiger partial charge in [-0.3, -0.25) is 0 Å². The molecule has 0 fully saturated rings. The van der Waals surface area contributed by atoms with Crippen LogP contribution in [0.15, 0.2) is 28.8 Å². The Bertz CT molecular complexity index is 543. The molecule has 2 N–H and O–H groups in total. The Kier molecular flexibility index (Phi) is 6.35. The lowest BCUT2D eigenvalue weighted by Crippen LogP contribution is -2.13. The maximum Gasteiger partial charge on any atom is 0.162 e. The summed E-state index contributed by atoms with van der Waals surface area (Å²) >= 11 is 0. The van der Waals surface area contributed by atoms with E-state index in [9.17, 15) is 5.11 Å². The Labute approximate surface area is 124 Å². The van der Waals surface area contributed by atoms with E-state index in [0.717, 1.165) is 17.0 Å². The van der Waals surface area contributed by atoms with Gasteiger partial charge in [-0.1, -0.05) is 17.3 Å². The third-order valence-electron chi connectivity index (χ3n) is 2.68. The average Bonchev–Trinajstić information content (AvgIpc) is 2.80. The minimum absolute atomic E-state index is 0. The fourth-order valence-electron chi connectivity index (χ4n) is 1.81. The molecular formula is C14H19ClN2O3. The van der Waals surface area contributed by atoms with Crippen LogP contribution in [0.2, 0.25) is 0 Å². The second kappa shape index (κ2) is 7.77. The van der Waals surface area contributed by atoms with Crippen molar-refractivity contribution in [2.45, 2.75) is 26.9 Å². The minimum atomic E-state index is 0. The highest BCUT2D eigenvalue weighted by Crippen LogP contribution is 2.29. The fourth-order valence-corrected chi connectivity index (χ4v) is 1.81. The van der Waals surface area contributed by atoms with Crippen molar-refractivity contribution >= 4 is 12.4 Å². The zero-order valence-electron chi connectivity index (χ0n) is 11.5. The number of benzene rings is 1. The van der Waals surface area contributed by atoms with Crippen molar-refractivity contribution in [1.82, 2.24) is 10.5 Å². The number of ether oxygens (including phenoxy) is 1. The number of hydrogen-bond donors (Lipinski definition) is 2. The molecule has 1 aromatic carbocycles. The van der Waals surface area contributed by atoms with E-state index in [4.69, 9.17) is 9.26 Å². The van der Waals surface area contributed by atoms with Crippen LogP contribution in [-0.4, -0.2) is 16.9 Å². The van der Waals surface area contributed by atoms with Gasteiger partial charge in [0.25, 0.3) is 0 Å². The van der Waals surface area contributed by atoms with Crippen LogP contribution in [0, 0.1) is 6.92 Å². The van der Waals surface area contributed by atoms with Gasteiger partial charge < -0.3 is 19.7 Å². The van der Waals surface area contributed by atoms with Crippen LogP contribution in [-0.2, 0) is 13.1 Å². The summed E-state index contributed by atoms with van der Waals surface area (Å²) in [5.74, 6) is 1.49. The van der Waals surface area contributed by atoms with Crippen LogP contribution in [0.1, 0.15) is 23.9 Å². The van der Waals surface area contributed by atoms with Gasteiger partial charge in [-0.05, 0) is 19.9 Å². The average molecular weight is 299 g/mol. The number of hydrogen-bond acceptors (Lipinski definition) is 5. The molecule has 0 aliphatic carbocycles. The predicted octanol–water partition coefficient (Wildman–Crippen LogP) is 2.80. The second-order valence-electron chi connectivity index (χ2n) is 4.23. The smallest absolute Gasteiger partial charge is 0.162 e. The normalized spacial score (nSPS) is 10.1. The SMILES string of the molecule is CCOc1cccc(CNCc2cc(C)on2)c1O.Cl. The number of aryl methyl sites for hydroxylation is 1. The van der Waals surface area contributed by atoms with Crippen LogP contribution >= 0.6 is 12.4 Å². The summed E-state index contributed by atoms with van der Waals surface area (Å²) in [7, 11) is 0. The zero-order valence-corrected chi connectivity index (χ0v) is 12.4. The lowest BCUT2D eigenvalue weighted by Gasteiger charge is -2.10. The number of aromatic nitrogens is 1. The van der Waals surface area contributed by atoms with Gasteiger partial charge in [0.1, 0.15) is 5.76 Å². The molecule has 0 spiro atoms. The molecule has 0 saturated heterocycles. The van der Waals surface area contributed by atoms with E-state index in [1.54, 1.807) is 6.07 Å². The Balaban J connectivity index is 0.00000200. The molecule has 0 saturated carbocycles. The van der Waals surface area contributed by atoms with Gasteiger partial charge in [-0.25, -0.2) is 0 Å². The summed E-state index contributed by atoms with van der Waals surface area (Å²) in [4.78, 5) is 0. The molecular weight excluding hydrogens is 280 g/mol. The Morgan fingerprint density at radius 2 is 2.15 bits per heavy atom. The van der Waals surface area contributed by atoms with Crippen molar-refractivity contribution < 1.29 is 14.4 Å². The zero-order chi connectivity index (χ0) is 13.7. The molecule has 110 valence electrons. The molecule has 6 heteroatoms. The molecule has 0 aliphatic heterocycles. The minimum Gasteiger partial charge on any atom is -0.504 e. The highest BCUT2D eigenvalue weighted by molar-refractivity contribution is 5.85. The van der Waals surface area contributed by atoms with E-state index in [2.05, 4.69) is 10.5 Å². The molecule has 0 amide bonds. The van der Waals surface area contributed by atoms with Crippen LogP contribution in [0.3, 0.4) is 0 Å². The van der Waals surface area contributed by atoms with E-state index in [-0.39, 0.29) is 18.2 Å². The third kappa shape index (κ3) is 4.15. The van der Waals surface area contributed by atoms with Crippen molar-refractivity contribution in [3.8, 4) is 11.5 Å². The van der Waals surface area contributed by atoms with E-state index in [1.165, 1.54) is 0 Å². The number of halogens is 1. The fraction of sp³-hybridized carbons (Fsp3) is 0.357. The highest BCUT2D eigenvalue weighted by atomic mass is 35.5. The molecule has 0 atom stereocenters. The number of para-hydroxylation sites is 1. The highest BCUT2D eigenvalue weighted by Gasteiger charge is 2.07. The van der Waals surface area contributed by atoms with Crippen LogP contribution in [0.5, 0.6) is 11.5 Å². The first kappa shape index (κ1) is 16.3. The van der Waals surface area contributed by atoms with Crippen LogP contribution in [0.25, 0.3) is 0 Å². The lowest BCUT2D eigenvalue weighted by molar-refractivity contribution is 0.316. The van der Waals surface area contributed by atoms with Gasteiger partial charge in [0.15, 0.2) is 11.5 Å². The summed E-state index contributed by atoms with van der Waals surface area (Å²) in [6, 6.07) is 7.35. The standard InChI is InChI=1S/C14H18N2O3.ClH/c1-3-18-13-6-4-5-11(14(13)17)8-15-9-12-7-10(2)19-16-12;/h4-7,15,17H,3,8-9H2,1-2H3;1H. The van der Waals surface area contributed by atoms with Crippen molar-refractivity contribution in [3.05, 3.63) is 41.3 Å². The molecule has 0 unspecified atom stereocenters. The summed E-state index contributed by atoms with van der Waals surface area (Å²) in [6.07, 6.45) is 0. The van der Waals surface area contributed by atoms with Gasteiger partial charge in [0.05, 0.1) is 12.3 Å². The Hall–Kier alpha value is -1.72. The van der Waals surface area contributed by atoms with Crippen molar-refractivity contribution in [2.24, 2.45) is 0 Å². The van der Waals surface area contributed by atoms with E-state index in [1.807, 2.05) is 32.0 Å². The van der Waals surface area contributed by atoms with Crippen molar-refractivity contribution in [1.29, 1.82) is 0 Å². The van der Waals surface area contributed by atoms with Crippen molar-refractivity contribution in [3.63, 3.8) is 0 Å². The largest absolute Gasteiger partial charge is 0.504 e. The van der Waals surface area contributed by atoms with Gasteiger partial charge in [-0.2, -0.15) is 0 Å². The molecule has 2 aromatic rings. The topological polar surface area (TPSA) is 67.5 Å². The number of rotatable bonds is 6. The summed E-state index contributed by atoms with van der Waals surface area (Å²) in [5.41, 5.74) is 1.64. The van der Waals surface area contributed by atoms with Crippen LogP contribution < -0.4 is 10.1 Å².